The van der Waals surface area contributed by atoms with Gasteiger partial charge in [0.15, 0.2) is 0 Å². The van der Waals surface area contributed by atoms with Gasteiger partial charge in [-0.25, -0.2) is 0 Å². The van der Waals surface area contributed by atoms with Crippen molar-refractivity contribution >= 4 is 70.8 Å². The van der Waals surface area contributed by atoms with E-state index >= 15 is 0 Å². The summed E-state index contributed by atoms with van der Waals surface area (Å²) in [6.45, 7) is 34.0. The van der Waals surface area contributed by atoms with E-state index in [9.17, 15) is 0 Å². The number of benzene rings is 7. The van der Waals surface area contributed by atoms with Crippen LogP contribution in [0.25, 0.3) is 43.8 Å². The molecule has 4 heteroatoms. The van der Waals surface area contributed by atoms with Crippen LogP contribution in [0.15, 0.2) is 133 Å². The lowest BCUT2D eigenvalue weighted by Gasteiger charge is -2.43. The van der Waals surface area contributed by atoms with Gasteiger partial charge in [-0.05, 0) is 119 Å². The van der Waals surface area contributed by atoms with Crippen LogP contribution in [-0.4, -0.2) is 27.2 Å². The highest BCUT2D eigenvalue weighted by molar-refractivity contribution is 6.89. The van der Waals surface area contributed by atoms with Crippen molar-refractivity contribution < 1.29 is 0 Å². The number of rotatable bonds is 6. The van der Waals surface area contributed by atoms with Crippen LogP contribution in [-0.2, 0) is 10.8 Å². The number of anilines is 4. The molecule has 306 valence electrons. The first-order chi connectivity index (χ1) is 28.1. The number of hydrogen-bond acceptors (Lipinski definition) is 2. The molecule has 9 rings (SSSR count). The van der Waals surface area contributed by atoms with Crippen molar-refractivity contribution in [2.45, 2.75) is 117 Å². The van der Waals surface area contributed by atoms with Gasteiger partial charge in [-0.1, -0.05) is 174 Å². The van der Waals surface area contributed by atoms with Gasteiger partial charge in [-0.2, -0.15) is 0 Å². The van der Waals surface area contributed by atoms with E-state index in [0.717, 1.165) is 0 Å². The van der Waals surface area contributed by atoms with E-state index in [1.54, 1.807) is 0 Å². The summed E-state index contributed by atoms with van der Waals surface area (Å²) in [6.07, 6.45) is 0. The van der Waals surface area contributed by atoms with E-state index in [4.69, 9.17) is 0 Å². The molecule has 0 aliphatic carbocycles. The second kappa shape index (κ2) is 13.3. The van der Waals surface area contributed by atoms with Crippen molar-refractivity contribution in [1.82, 2.24) is 0 Å². The molecule has 0 radical (unpaired) electrons. The van der Waals surface area contributed by atoms with Crippen LogP contribution in [0.5, 0.6) is 0 Å². The van der Waals surface area contributed by atoms with E-state index in [1.807, 2.05) is 0 Å². The summed E-state index contributed by atoms with van der Waals surface area (Å²) in [4.78, 5) is 5.23. The third-order valence-electron chi connectivity index (χ3n) is 15.5. The van der Waals surface area contributed by atoms with Crippen molar-refractivity contribution in [1.29, 1.82) is 0 Å². The van der Waals surface area contributed by atoms with Crippen molar-refractivity contribution in [2.24, 2.45) is 0 Å². The highest BCUT2D eigenvalue weighted by Crippen LogP contribution is 2.57. The molecule has 0 spiro atoms. The van der Waals surface area contributed by atoms with E-state index in [-0.39, 0.29) is 21.9 Å². The molecule has 7 aromatic carbocycles. The van der Waals surface area contributed by atoms with E-state index in [2.05, 4.69) is 238 Å². The molecule has 0 fully saturated rings. The zero-order valence-corrected chi connectivity index (χ0v) is 40.6. The molecular weight excluding hydrogens is 757 g/mol. The molecule has 2 aliphatic heterocycles. The summed E-state index contributed by atoms with van der Waals surface area (Å²) in [7, 11) is -3.03. The first kappa shape index (κ1) is 40.5. The minimum Gasteiger partial charge on any atom is -0.335 e. The summed E-state index contributed by atoms with van der Waals surface area (Å²) < 4.78 is 0. The Hall–Kier alpha value is -4.91. The molecule has 0 bridgehead atoms. The molecule has 0 atom stereocenters. The maximum atomic E-state index is 2.62. The second-order valence-corrected chi connectivity index (χ2v) is 32.1. The molecule has 0 N–H and O–H groups in total. The lowest BCUT2D eigenvalue weighted by atomic mass is 9.72. The second-order valence-electron chi connectivity index (χ2n) is 21.9. The van der Waals surface area contributed by atoms with Crippen LogP contribution in [0.3, 0.4) is 0 Å². The number of hydrogen-bond donors (Lipinski definition) is 0. The lowest BCUT2D eigenvalue weighted by molar-refractivity contribution is 0.330. The van der Waals surface area contributed by atoms with Crippen LogP contribution < -0.4 is 20.2 Å². The summed E-state index contributed by atoms with van der Waals surface area (Å²) >= 11 is 0. The molecule has 0 saturated heterocycles. The molecule has 0 unspecified atom stereocenters. The number of para-hydroxylation sites is 2. The topological polar surface area (TPSA) is 6.48 Å². The van der Waals surface area contributed by atoms with Crippen LogP contribution >= 0.6 is 0 Å². The molecule has 7 aromatic rings. The molecule has 60 heavy (non-hydrogen) atoms. The van der Waals surface area contributed by atoms with Gasteiger partial charge in [0.25, 0.3) is 0 Å². The summed E-state index contributed by atoms with van der Waals surface area (Å²) in [5, 5.41) is 8.14. The quantitative estimate of drug-likeness (QED) is 0.122. The summed E-state index contributed by atoms with van der Waals surface area (Å²) in [5.41, 5.74) is 12.6. The Bertz CT molecular complexity index is 2630. The van der Waals surface area contributed by atoms with E-state index < -0.39 is 16.1 Å². The number of nitrogens with zero attached hydrogens (tertiary/aromatic N) is 2. The van der Waals surface area contributed by atoms with Gasteiger partial charge >= 0.3 is 0 Å². The Labute approximate surface area is 362 Å². The summed E-state index contributed by atoms with van der Waals surface area (Å²) in [5.74, 6) is 0. The highest BCUT2D eigenvalue weighted by atomic mass is 28.3. The Kier molecular flexibility index (Phi) is 8.97. The zero-order chi connectivity index (χ0) is 42.9. The van der Waals surface area contributed by atoms with Crippen molar-refractivity contribution in [2.75, 3.05) is 9.80 Å². The third-order valence-corrected chi connectivity index (χ3v) is 19.6. The monoisotopic (exact) mass is 820 g/mol. The molecule has 2 aliphatic rings. The Morgan fingerprint density at radius 2 is 0.700 bits per heavy atom. The minimum atomic E-state index is -1.51. The van der Waals surface area contributed by atoms with Gasteiger partial charge < -0.3 is 9.80 Å². The van der Waals surface area contributed by atoms with Gasteiger partial charge in [0.05, 0.1) is 16.1 Å². The lowest BCUT2D eigenvalue weighted by Crippen LogP contribution is -2.48. The summed E-state index contributed by atoms with van der Waals surface area (Å²) in [6, 6.07) is 52.1. The number of fused-ring (bicyclic) bond motifs is 4. The van der Waals surface area contributed by atoms with E-state index in [1.165, 1.54) is 88.0 Å². The molecule has 2 nitrogen and oxygen atoms in total. The van der Waals surface area contributed by atoms with Gasteiger partial charge in [-0.15, -0.1) is 0 Å². The maximum absolute atomic E-state index is 2.62. The zero-order valence-electron chi connectivity index (χ0n) is 38.6. The fourth-order valence-corrected chi connectivity index (χ4v) is 12.8. The van der Waals surface area contributed by atoms with Gasteiger partial charge in [0.2, 0.25) is 0 Å². The van der Waals surface area contributed by atoms with Crippen molar-refractivity contribution in [3.05, 3.63) is 145 Å². The fourth-order valence-electron chi connectivity index (χ4n) is 10.5. The molecule has 0 saturated carbocycles. The Balaban J connectivity index is 1.39. The average molecular weight is 821 g/mol. The van der Waals surface area contributed by atoms with Gasteiger partial charge in [0, 0.05) is 44.7 Å². The molecule has 2 heterocycles. The average Bonchev–Trinajstić information content (AvgIpc) is 3.46. The Morgan fingerprint density at radius 1 is 0.367 bits per heavy atom. The molecule has 0 aromatic heterocycles. The normalized spacial score (nSPS) is 17.6. The minimum absolute atomic E-state index is 0.0480. The van der Waals surface area contributed by atoms with Crippen molar-refractivity contribution in [3.8, 4) is 22.3 Å². The fraction of sp³-hybridized carbons (Fsp3) is 0.321. The third kappa shape index (κ3) is 5.84. The molecular formula is C56H64N2Si2. The van der Waals surface area contributed by atoms with Crippen LogP contribution in [0, 0.1) is 0 Å². The van der Waals surface area contributed by atoms with Gasteiger partial charge in [-0.3, -0.25) is 0 Å². The van der Waals surface area contributed by atoms with Gasteiger partial charge in [0.1, 0.15) is 0 Å². The first-order valence-electron chi connectivity index (χ1n) is 22.1. The highest BCUT2D eigenvalue weighted by Gasteiger charge is 2.52. The Morgan fingerprint density at radius 3 is 1.03 bits per heavy atom. The first-order valence-corrected chi connectivity index (χ1v) is 29.1. The van der Waals surface area contributed by atoms with Crippen LogP contribution in [0.2, 0.25) is 39.3 Å². The molecule has 0 amide bonds. The predicted molar refractivity (Wildman–Crippen MR) is 270 cm³/mol. The SMILES string of the molecule is CC1(C)c2ccccc2N(c2ccc3c(-c4ccc([Si](C)(C)C)cc4)c4cc(N5c6ccccc6C(C)(C)C5(C)C)ccc4c(-c4ccc([Si](C)(C)C)cc4)c3c2)C1(C)C. The van der Waals surface area contributed by atoms with E-state index in [0.29, 0.717) is 0 Å². The van der Waals surface area contributed by atoms with Crippen molar-refractivity contribution in [3.63, 3.8) is 0 Å². The maximum Gasteiger partial charge on any atom is 0.0775 e. The predicted octanol–water partition coefficient (Wildman–Crippen LogP) is 14.8. The standard InChI is InChI=1S/C56H64N2Si2/c1-53(2)47-19-15-17-21-49(47)57(55(53,5)6)39-27-33-43-45(35-39)51(37-23-29-41(30-24-37)59(9,10)11)44-34-28-40(58-50-22-18-16-20-48(50)54(3,4)56(58,7)8)36-46(44)52(43)38-25-31-42(32-26-38)60(12,13)14/h15-36H,1-14H3. The smallest absolute Gasteiger partial charge is 0.0775 e. The van der Waals surface area contributed by atoms with Crippen LogP contribution in [0.1, 0.15) is 66.5 Å². The largest absolute Gasteiger partial charge is 0.335 e. The van der Waals surface area contributed by atoms with Crippen LogP contribution in [0.4, 0.5) is 22.7 Å².